The van der Waals surface area contributed by atoms with Crippen LogP contribution in [0.3, 0.4) is 0 Å². The van der Waals surface area contributed by atoms with E-state index in [2.05, 4.69) is 20.9 Å². The van der Waals surface area contributed by atoms with Crippen LogP contribution in [0.2, 0.25) is 0 Å². The SMILES string of the molecule is Cc1ccc(C(=O)Nc2cccc(CNC(=O)c3cccnc3Nc3cccc(F)c3)c2)cc1. The number of nitrogens with zero attached hydrogens (tertiary/aromatic N) is 1. The highest BCUT2D eigenvalue weighted by Gasteiger charge is 2.13. The fourth-order valence-corrected chi connectivity index (χ4v) is 3.34. The average molecular weight is 455 g/mol. The molecule has 0 spiro atoms. The highest BCUT2D eigenvalue weighted by atomic mass is 19.1. The lowest BCUT2D eigenvalue weighted by atomic mass is 10.1. The van der Waals surface area contributed by atoms with Crippen molar-refractivity contribution in [1.82, 2.24) is 10.3 Å². The summed E-state index contributed by atoms with van der Waals surface area (Å²) in [5.74, 6) is -0.600. The van der Waals surface area contributed by atoms with Crippen LogP contribution in [0.15, 0.2) is 91.1 Å². The molecule has 1 heterocycles. The van der Waals surface area contributed by atoms with E-state index in [1.807, 2.05) is 37.3 Å². The quantitative estimate of drug-likeness (QED) is 0.347. The molecule has 4 aromatic rings. The van der Waals surface area contributed by atoms with E-state index in [9.17, 15) is 14.0 Å². The van der Waals surface area contributed by atoms with E-state index in [0.29, 0.717) is 28.3 Å². The Hall–Kier alpha value is -4.52. The second-order valence-corrected chi connectivity index (χ2v) is 7.74. The van der Waals surface area contributed by atoms with Gasteiger partial charge in [-0.15, -0.1) is 0 Å². The first-order valence-corrected chi connectivity index (χ1v) is 10.7. The number of rotatable bonds is 7. The molecule has 0 aliphatic carbocycles. The first-order chi connectivity index (χ1) is 16.5. The van der Waals surface area contributed by atoms with Gasteiger partial charge in [0.25, 0.3) is 11.8 Å². The molecule has 0 saturated carbocycles. The summed E-state index contributed by atoms with van der Waals surface area (Å²) in [5, 5.41) is 8.72. The maximum Gasteiger partial charge on any atom is 0.255 e. The van der Waals surface area contributed by atoms with Gasteiger partial charge in [0.1, 0.15) is 11.6 Å². The van der Waals surface area contributed by atoms with Crippen molar-refractivity contribution in [2.24, 2.45) is 0 Å². The summed E-state index contributed by atoms with van der Waals surface area (Å²) < 4.78 is 13.5. The van der Waals surface area contributed by atoms with Crippen LogP contribution in [0, 0.1) is 12.7 Å². The molecule has 1 aromatic heterocycles. The highest BCUT2D eigenvalue weighted by Crippen LogP contribution is 2.19. The summed E-state index contributed by atoms with van der Waals surface area (Å²) in [6.45, 7) is 2.22. The van der Waals surface area contributed by atoms with Crippen molar-refractivity contribution < 1.29 is 14.0 Å². The van der Waals surface area contributed by atoms with Gasteiger partial charge in [-0.25, -0.2) is 9.37 Å². The van der Waals surface area contributed by atoms with Gasteiger partial charge in [0.2, 0.25) is 0 Å². The number of pyridine rings is 1. The Kier molecular flexibility index (Phi) is 6.93. The van der Waals surface area contributed by atoms with Crippen LogP contribution >= 0.6 is 0 Å². The molecule has 7 heteroatoms. The Morgan fingerprint density at radius 2 is 1.62 bits per heavy atom. The number of aromatic nitrogens is 1. The van der Waals surface area contributed by atoms with E-state index < -0.39 is 0 Å². The van der Waals surface area contributed by atoms with Gasteiger partial charge in [-0.05, 0) is 67.1 Å². The van der Waals surface area contributed by atoms with E-state index in [1.54, 1.807) is 48.7 Å². The van der Waals surface area contributed by atoms with Gasteiger partial charge >= 0.3 is 0 Å². The normalized spacial score (nSPS) is 10.4. The van der Waals surface area contributed by atoms with Crippen LogP contribution in [0.25, 0.3) is 0 Å². The molecule has 3 aromatic carbocycles. The number of carbonyl (C=O) groups excluding carboxylic acids is 2. The van der Waals surface area contributed by atoms with E-state index in [4.69, 9.17) is 0 Å². The molecule has 34 heavy (non-hydrogen) atoms. The number of anilines is 3. The molecule has 2 amide bonds. The average Bonchev–Trinajstić information content (AvgIpc) is 2.83. The van der Waals surface area contributed by atoms with Gasteiger partial charge < -0.3 is 16.0 Å². The van der Waals surface area contributed by atoms with Crippen LogP contribution in [0.5, 0.6) is 0 Å². The predicted molar refractivity (Wildman–Crippen MR) is 131 cm³/mol. The van der Waals surface area contributed by atoms with Gasteiger partial charge in [-0.1, -0.05) is 35.9 Å². The summed E-state index contributed by atoms with van der Waals surface area (Å²) >= 11 is 0. The zero-order chi connectivity index (χ0) is 23.9. The summed E-state index contributed by atoms with van der Waals surface area (Å²) in [6, 6.07) is 23.8. The van der Waals surface area contributed by atoms with E-state index in [-0.39, 0.29) is 24.2 Å². The van der Waals surface area contributed by atoms with Crippen molar-refractivity contribution in [2.45, 2.75) is 13.5 Å². The Bertz CT molecular complexity index is 1320. The fourth-order valence-electron chi connectivity index (χ4n) is 3.34. The third-order valence-electron chi connectivity index (χ3n) is 5.09. The highest BCUT2D eigenvalue weighted by molar-refractivity contribution is 6.04. The zero-order valence-electron chi connectivity index (χ0n) is 18.5. The number of amides is 2. The molecule has 0 bridgehead atoms. The van der Waals surface area contributed by atoms with Crippen LogP contribution < -0.4 is 16.0 Å². The van der Waals surface area contributed by atoms with E-state index in [0.717, 1.165) is 11.1 Å². The van der Waals surface area contributed by atoms with Crippen molar-refractivity contribution >= 4 is 29.0 Å². The minimum absolute atomic E-state index is 0.204. The summed E-state index contributed by atoms with van der Waals surface area (Å²) in [7, 11) is 0. The molecular formula is C27H23FN4O2. The summed E-state index contributed by atoms with van der Waals surface area (Å²) in [6.07, 6.45) is 1.55. The Morgan fingerprint density at radius 3 is 2.41 bits per heavy atom. The molecule has 4 rings (SSSR count). The number of benzene rings is 3. The largest absolute Gasteiger partial charge is 0.348 e. The van der Waals surface area contributed by atoms with Crippen LogP contribution in [-0.2, 0) is 6.54 Å². The minimum Gasteiger partial charge on any atom is -0.348 e. The second kappa shape index (κ2) is 10.4. The van der Waals surface area contributed by atoms with Crippen molar-refractivity contribution in [3.63, 3.8) is 0 Å². The summed E-state index contributed by atoms with van der Waals surface area (Å²) in [4.78, 5) is 29.5. The van der Waals surface area contributed by atoms with Crippen LogP contribution in [-0.4, -0.2) is 16.8 Å². The molecule has 0 saturated heterocycles. The van der Waals surface area contributed by atoms with Crippen molar-refractivity contribution in [3.8, 4) is 0 Å². The van der Waals surface area contributed by atoms with E-state index in [1.165, 1.54) is 12.1 Å². The molecule has 0 unspecified atom stereocenters. The maximum absolute atomic E-state index is 13.5. The van der Waals surface area contributed by atoms with Gasteiger partial charge in [0.15, 0.2) is 0 Å². The van der Waals surface area contributed by atoms with Crippen molar-refractivity contribution in [3.05, 3.63) is 119 Å². The molecule has 6 nitrogen and oxygen atoms in total. The molecular weight excluding hydrogens is 431 g/mol. The second-order valence-electron chi connectivity index (χ2n) is 7.74. The molecule has 3 N–H and O–H groups in total. The Morgan fingerprint density at radius 1 is 0.853 bits per heavy atom. The van der Waals surface area contributed by atoms with Crippen LogP contribution in [0.4, 0.5) is 21.6 Å². The lowest BCUT2D eigenvalue weighted by Gasteiger charge is -2.12. The standard InChI is InChI=1S/C27H23FN4O2/c1-18-10-12-20(13-11-18)26(33)32-22-7-2-5-19(15-22)17-30-27(34)24-9-4-14-29-25(24)31-23-8-3-6-21(28)16-23/h2-16H,17H2,1H3,(H,29,31)(H,30,34)(H,32,33). The number of halogens is 1. The van der Waals surface area contributed by atoms with Crippen LogP contribution in [0.1, 0.15) is 31.8 Å². The topological polar surface area (TPSA) is 83.1 Å². The Balaban J connectivity index is 1.41. The zero-order valence-corrected chi connectivity index (χ0v) is 18.5. The predicted octanol–water partition coefficient (Wildman–Crippen LogP) is 5.46. The third kappa shape index (κ3) is 5.83. The van der Waals surface area contributed by atoms with E-state index >= 15 is 0 Å². The third-order valence-corrected chi connectivity index (χ3v) is 5.09. The van der Waals surface area contributed by atoms with Gasteiger partial charge in [-0.3, -0.25) is 9.59 Å². The fraction of sp³-hybridized carbons (Fsp3) is 0.0741. The first kappa shape index (κ1) is 22.7. The maximum atomic E-state index is 13.5. The lowest BCUT2D eigenvalue weighted by molar-refractivity contribution is 0.0950. The van der Waals surface area contributed by atoms with Crippen molar-refractivity contribution in [1.29, 1.82) is 0 Å². The number of aryl methyl sites for hydroxylation is 1. The summed E-state index contributed by atoms with van der Waals surface area (Å²) in [5.41, 5.74) is 3.92. The number of hydrogen-bond acceptors (Lipinski definition) is 4. The van der Waals surface area contributed by atoms with Crippen molar-refractivity contribution in [2.75, 3.05) is 10.6 Å². The minimum atomic E-state index is -0.388. The lowest BCUT2D eigenvalue weighted by Crippen LogP contribution is -2.24. The molecule has 0 radical (unpaired) electrons. The molecule has 0 aliphatic rings. The molecule has 0 fully saturated rings. The Labute approximate surface area is 196 Å². The molecule has 0 atom stereocenters. The van der Waals surface area contributed by atoms with Gasteiger partial charge in [0, 0.05) is 29.7 Å². The monoisotopic (exact) mass is 454 g/mol. The number of nitrogens with one attached hydrogen (secondary N) is 3. The molecule has 170 valence electrons. The molecule has 0 aliphatic heterocycles. The first-order valence-electron chi connectivity index (χ1n) is 10.7. The number of carbonyl (C=O) groups is 2. The van der Waals surface area contributed by atoms with Gasteiger partial charge in [-0.2, -0.15) is 0 Å². The number of hydrogen-bond donors (Lipinski definition) is 3. The smallest absolute Gasteiger partial charge is 0.255 e. The van der Waals surface area contributed by atoms with Gasteiger partial charge in [0.05, 0.1) is 5.56 Å².